The van der Waals surface area contributed by atoms with Crippen molar-refractivity contribution in [3.05, 3.63) is 30.0 Å². The van der Waals surface area contributed by atoms with Crippen LogP contribution in [0.3, 0.4) is 0 Å². The number of aryl methyl sites for hydroxylation is 1. The van der Waals surface area contributed by atoms with Gasteiger partial charge in [-0.05, 0) is 19.1 Å². The van der Waals surface area contributed by atoms with Crippen LogP contribution in [0.15, 0.2) is 24.3 Å². The first-order valence-corrected chi connectivity index (χ1v) is 7.76. The molecule has 126 valence electrons. The van der Waals surface area contributed by atoms with Crippen LogP contribution in [0.25, 0.3) is 10.9 Å². The average molecular weight is 351 g/mol. The zero-order valence-electron chi connectivity index (χ0n) is 12.0. The number of hydrogen-bond acceptors (Lipinski definition) is 5. The van der Waals surface area contributed by atoms with Gasteiger partial charge in [0, 0.05) is 12.4 Å². The summed E-state index contributed by atoms with van der Waals surface area (Å²) in [6.45, 7) is 1.47. The van der Waals surface area contributed by atoms with Crippen LogP contribution in [0.4, 0.5) is 13.2 Å². The lowest BCUT2D eigenvalue weighted by molar-refractivity contribution is -0.0500. The van der Waals surface area contributed by atoms with E-state index >= 15 is 0 Å². The lowest BCUT2D eigenvalue weighted by atomic mass is 10.2. The molecule has 10 heteroatoms. The summed E-state index contributed by atoms with van der Waals surface area (Å²) in [4.78, 5) is 12.0. The Labute approximate surface area is 129 Å². The predicted octanol–water partition coefficient (Wildman–Crippen LogP) is 2.58. The van der Waals surface area contributed by atoms with E-state index in [1.54, 1.807) is 6.07 Å². The molecule has 0 unspecified atom stereocenters. The molecule has 1 heterocycles. The highest BCUT2D eigenvalue weighted by atomic mass is 32.2. The second-order valence-electron chi connectivity index (χ2n) is 4.46. The molecule has 0 atom stereocenters. The van der Waals surface area contributed by atoms with Crippen LogP contribution < -0.4 is 4.18 Å². The number of carbonyl (C=O) groups excluding carboxylic acids is 1. The summed E-state index contributed by atoms with van der Waals surface area (Å²) < 4.78 is 70.5. The van der Waals surface area contributed by atoms with Gasteiger partial charge in [0.1, 0.15) is 0 Å². The third kappa shape index (κ3) is 2.98. The molecule has 2 aromatic rings. The molecule has 2 rings (SSSR count). The van der Waals surface area contributed by atoms with Crippen molar-refractivity contribution in [2.24, 2.45) is 7.05 Å². The largest absolute Gasteiger partial charge is 0.534 e. The van der Waals surface area contributed by atoms with Gasteiger partial charge in [-0.1, -0.05) is 12.1 Å². The molecular weight excluding hydrogens is 339 g/mol. The van der Waals surface area contributed by atoms with Crippen molar-refractivity contribution in [1.29, 1.82) is 0 Å². The van der Waals surface area contributed by atoms with E-state index in [-0.39, 0.29) is 12.0 Å². The Bertz CT molecular complexity index is 854. The summed E-state index contributed by atoms with van der Waals surface area (Å²) in [7, 11) is -4.53. The second kappa shape index (κ2) is 5.76. The van der Waals surface area contributed by atoms with Crippen LogP contribution in [0.1, 0.15) is 17.4 Å². The van der Waals surface area contributed by atoms with E-state index in [9.17, 15) is 26.4 Å². The van der Waals surface area contributed by atoms with E-state index in [0.717, 1.165) is 0 Å². The van der Waals surface area contributed by atoms with Gasteiger partial charge in [-0.15, -0.1) is 0 Å². The Kier molecular flexibility index (Phi) is 4.29. The molecule has 0 spiro atoms. The third-order valence-electron chi connectivity index (χ3n) is 3.01. The quantitative estimate of drug-likeness (QED) is 0.481. The van der Waals surface area contributed by atoms with Crippen LogP contribution in [-0.2, 0) is 21.9 Å². The Morgan fingerprint density at radius 1 is 1.26 bits per heavy atom. The number of para-hydroxylation sites is 1. The van der Waals surface area contributed by atoms with Crippen molar-refractivity contribution in [2.45, 2.75) is 12.4 Å². The number of aromatic nitrogens is 1. The van der Waals surface area contributed by atoms with Crippen molar-refractivity contribution >= 4 is 27.0 Å². The lowest BCUT2D eigenvalue weighted by Gasteiger charge is -2.11. The molecule has 1 aromatic carbocycles. The zero-order valence-corrected chi connectivity index (χ0v) is 12.9. The van der Waals surface area contributed by atoms with Crippen LogP contribution in [-0.4, -0.2) is 31.1 Å². The maximum Gasteiger partial charge on any atom is 0.534 e. The number of esters is 1. The van der Waals surface area contributed by atoms with Crippen LogP contribution in [0.5, 0.6) is 5.75 Å². The number of ether oxygens (including phenoxy) is 1. The number of rotatable bonds is 4. The van der Waals surface area contributed by atoms with E-state index < -0.39 is 33.0 Å². The number of alkyl halides is 3. The van der Waals surface area contributed by atoms with Crippen molar-refractivity contribution in [2.75, 3.05) is 6.61 Å². The summed E-state index contributed by atoms with van der Waals surface area (Å²) in [5, 5.41) is 0.0471. The van der Waals surface area contributed by atoms with Crippen molar-refractivity contribution in [3.8, 4) is 5.75 Å². The topological polar surface area (TPSA) is 74.6 Å². The number of carbonyl (C=O) groups is 1. The van der Waals surface area contributed by atoms with Crippen LogP contribution in [0.2, 0.25) is 0 Å². The van der Waals surface area contributed by atoms with Gasteiger partial charge in [0.2, 0.25) is 0 Å². The second-order valence-corrected chi connectivity index (χ2v) is 6.00. The molecule has 0 bridgehead atoms. The molecule has 1 aromatic heterocycles. The van der Waals surface area contributed by atoms with E-state index in [4.69, 9.17) is 4.74 Å². The zero-order chi connectivity index (χ0) is 17.4. The fraction of sp³-hybridized carbons (Fsp3) is 0.308. The van der Waals surface area contributed by atoms with E-state index in [2.05, 4.69) is 4.18 Å². The van der Waals surface area contributed by atoms with Gasteiger partial charge >= 0.3 is 21.6 Å². The molecule has 0 aliphatic rings. The molecular formula is C13H12F3NO5S. The molecule has 0 aliphatic carbocycles. The summed E-state index contributed by atoms with van der Waals surface area (Å²) in [6.07, 6.45) is 0. The third-order valence-corrected chi connectivity index (χ3v) is 3.96. The van der Waals surface area contributed by atoms with Gasteiger partial charge < -0.3 is 13.5 Å². The first-order chi connectivity index (χ1) is 10.6. The average Bonchev–Trinajstić information content (AvgIpc) is 2.71. The Morgan fingerprint density at radius 3 is 2.43 bits per heavy atom. The minimum Gasteiger partial charge on any atom is -0.461 e. The van der Waals surface area contributed by atoms with Gasteiger partial charge in [-0.2, -0.15) is 21.6 Å². The van der Waals surface area contributed by atoms with Crippen LogP contribution >= 0.6 is 0 Å². The maximum atomic E-state index is 12.6. The first-order valence-electron chi connectivity index (χ1n) is 6.35. The molecule has 23 heavy (non-hydrogen) atoms. The van der Waals surface area contributed by atoms with Crippen molar-refractivity contribution in [1.82, 2.24) is 4.57 Å². The highest BCUT2D eigenvalue weighted by Crippen LogP contribution is 2.36. The number of hydrogen-bond donors (Lipinski definition) is 0. The van der Waals surface area contributed by atoms with E-state index in [0.29, 0.717) is 5.52 Å². The molecule has 0 amide bonds. The number of fused-ring (bicyclic) bond motifs is 1. The number of halogens is 3. The van der Waals surface area contributed by atoms with Crippen molar-refractivity contribution in [3.63, 3.8) is 0 Å². The lowest BCUT2D eigenvalue weighted by Crippen LogP contribution is -2.28. The summed E-state index contributed by atoms with van der Waals surface area (Å²) >= 11 is 0. The van der Waals surface area contributed by atoms with Gasteiger partial charge in [0.15, 0.2) is 11.4 Å². The van der Waals surface area contributed by atoms with Gasteiger partial charge in [-0.3, -0.25) is 0 Å². The van der Waals surface area contributed by atoms with Crippen molar-refractivity contribution < 1.29 is 35.3 Å². The molecule has 0 aliphatic heterocycles. The van der Waals surface area contributed by atoms with Gasteiger partial charge in [0.05, 0.1) is 12.1 Å². The SMILES string of the molecule is CCOC(=O)c1c(OS(=O)(=O)C(F)(F)F)c2ccccc2n1C. The summed E-state index contributed by atoms with van der Waals surface area (Å²) in [6, 6.07) is 5.91. The Hall–Kier alpha value is -2.23. The maximum absolute atomic E-state index is 12.6. The van der Waals surface area contributed by atoms with E-state index in [1.807, 2.05) is 0 Å². The highest BCUT2D eigenvalue weighted by molar-refractivity contribution is 7.88. The minimum atomic E-state index is -5.92. The van der Waals surface area contributed by atoms with Gasteiger partial charge in [-0.25, -0.2) is 4.79 Å². The Balaban J connectivity index is 2.71. The summed E-state index contributed by atoms with van der Waals surface area (Å²) in [5.74, 6) is -1.70. The van der Waals surface area contributed by atoms with Crippen LogP contribution in [0, 0.1) is 0 Å². The fourth-order valence-corrected chi connectivity index (χ4v) is 2.51. The number of nitrogens with zero attached hydrogens (tertiary/aromatic N) is 1. The van der Waals surface area contributed by atoms with Gasteiger partial charge in [0.25, 0.3) is 0 Å². The molecule has 0 fully saturated rings. The number of benzene rings is 1. The molecule has 0 saturated heterocycles. The monoisotopic (exact) mass is 351 g/mol. The molecule has 0 saturated carbocycles. The highest BCUT2D eigenvalue weighted by Gasteiger charge is 2.49. The normalized spacial score (nSPS) is 12.4. The molecule has 0 radical (unpaired) electrons. The molecule has 0 N–H and O–H groups in total. The predicted molar refractivity (Wildman–Crippen MR) is 74.5 cm³/mol. The Morgan fingerprint density at radius 2 is 1.87 bits per heavy atom. The standard InChI is InChI=1S/C13H12F3NO5S/c1-3-21-12(18)10-11(22-23(19,20)13(14,15)16)8-6-4-5-7-9(8)17(10)2/h4-7H,3H2,1-2H3. The fourth-order valence-electron chi connectivity index (χ4n) is 2.03. The van der Waals surface area contributed by atoms with E-state index in [1.165, 1.54) is 36.7 Å². The summed E-state index contributed by atoms with van der Waals surface area (Å²) in [5.41, 5.74) is -5.71. The molecule has 6 nitrogen and oxygen atoms in total. The smallest absolute Gasteiger partial charge is 0.461 e. The minimum absolute atomic E-state index is 0.0359. The first kappa shape index (κ1) is 17.1.